The molecular formula is C21H23N3O2. The van der Waals surface area contributed by atoms with E-state index >= 15 is 0 Å². The Kier molecular flexibility index (Phi) is 4.80. The maximum atomic E-state index is 12.7. The van der Waals surface area contributed by atoms with E-state index in [1.54, 1.807) is 6.07 Å². The number of fused-ring (bicyclic) bond motifs is 1. The molecule has 0 aliphatic rings. The summed E-state index contributed by atoms with van der Waals surface area (Å²) in [7, 11) is 1.89. The van der Waals surface area contributed by atoms with E-state index in [2.05, 4.69) is 16.7 Å². The minimum atomic E-state index is -0.158. The molecule has 2 aromatic carbocycles. The molecule has 0 radical (unpaired) electrons. The van der Waals surface area contributed by atoms with E-state index in [0.717, 1.165) is 33.4 Å². The number of aromatic nitrogens is 1. The summed E-state index contributed by atoms with van der Waals surface area (Å²) in [6.45, 7) is 5.75. The van der Waals surface area contributed by atoms with E-state index in [4.69, 9.17) is 0 Å². The van der Waals surface area contributed by atoms with E-state index < -0.39 is 0 Å². The Morgan fingerprint density at radius 1 is 1.00 bits per heavy atom. The summed E-state index contributed by atoms with van der Waals surface area (Å²) in [5, 5.41) is 6.83. The lowest BCUT2D eigenvalue weighted by Crippen LogP contribution is -2.16. The van der Waals surface area contributed by atoms with Crippen LogP contribution in [-0.2, 0) is 11.8 Å². The largest absolute Gasteiger partial charge is 0.340 e. The molecule has 134 valence electrons. The number of benzene rings is 2. The maximum absolute atomic E-state index is 12.7. The molecule has 0 saturated heterocycles. The minimum absolute atomic E-state index is 0.0352. The first-order valence-electron chi connectivity index (χ1n) is 8.67. The number of nitrogens with zero attached hydrogens (tertiary/aromatic N) is 1. The van der Waals surface area contributed by atoms with Crippen molar-refractivity contribution in [2.75, 3.05) is 10.6 Å². The van der Waals surface area contributed by atoms with Crippen molar-refractivity contribution in [3.63, 3.8) is 0 Å². The Bertz CT molecular complexity index is 1000. The van der Waals surface area contributed by atoms with Crippen molar-refractivity contribution in [2.24, 2.45) is 7.05 Å². The van der Waals surface area contributed by atoms with Crippen molar-refractivity contribution < 1.29 is 9.59 Å². The monoisotopic (exact) mass is 349 g/mol. The van der Waals surface area contributed by atoms with Crippen LogP contribution in [0.2, 0.25) is 0 Å². The zero-order valence-electron chi connectivity index (χ0n) is 15.5. The van der Waals surface area contributed by atoms with Crippen LogP contribution in [-0.4, -0.2) is 16.4 Å². The molecule has 1 aromatic heterocycles. The summed E-state index contributed by atoms with van der Waals surface area (Å²) in [5.74, 6) is -0.193. The van der Waals surface area contributed by atoms with Gasteiger partial charge in [-0.05, 0) is 55.8 Å². The van der Waals surface area contributed by atoms with Crippen LogP contribution in [0.3, 0.4) is 0 Å². The van der Waals surface area contributed by atoms with Crippen LogP contribution < -0.4 is 10.6 Å². The normalized spacial score (nSPS) is 10.8. The molecule has 0 bridgehead atoms. The van der Waals surface area contributed by atoms with E-state index in [1.807, 2.05) is 62.7 Å². The lowest BCUT2D eigenvalue weighted by Gasteiger charge is -2.11. The van der Waals surface area contributed by atoms with Gasteiger partial charge in [-0.2, -0.15) is 0 Å². The van der Waals surface area contributed by atoms with Crippen molar-refractivity contribution in [1.82, 2.24) is 4.57 Å². The molecule has 0 unspecified atom stereocenters. The highest BCUT2D eigenvalue weighted by molar-refractivity contribution is 6.07. The zero-order chi connectivity index (χ0) is 18.8. The van der Waals surface area contributed by atoms with Crippen molar-refractivity contribution in [2.45, 2.75) is 27.2 Å². The molecule has 3 aromatic rings. The predicted octanol–water partition coefficient (Wildman–Crippen LogP) is 4.40. The molecule has 0 saturated carbocycles. The Balaban J connectivity index is 1.84. The zero-order valence-corrected chi connectivity index (χ0v) is 15.5. The smallest absolute Gasteiger partial charge is 0.272 e. The summed E-state index contributed by atoms with van der Waals surface area (Å²) < 4.78 is 1.90. The lowest BCUT2D eigenvalue weighted by atomic mass is 10.1. The van der Waals surface area contributed by atoms with Crippen molar-refractivity contribution in [1.29, 1.82) is 0 Å². The molecular weight excluding hydrogens is 326 g/mol. The number of carbonyl (C=O) groups excluding carboxylic acids is 2. The van der Waals surface area contributed by atoms with Crippen LogP contribution in [0.5, 0.6) is 0 Å². The Labute approximate surface area is 153 Å². The van der Waals surface area contributed by atoms with Gasteiger partial charge in [-0.3, -0.25) is 9.59 Å². The standard InChI is InChI=1S/C21H23N3O2/c1-5-20(25)22-16-7-8-17(14(3)11-16)23-21(26)19-12-15-10-13(2)6-9-18(15)24(19)4/h6-12H,5H2,1-4H3,(H,22,25)(H,23,26). The van der Waals surface area contributed by atoms with Crippen LogP contribution in [0, 0.1) is 13.8 Å². The summed E-state index contributed by atoms with van der Waals surface area (Å²) >= 11 is 0. The van der Waals surface area contributed by atoms with Gasteiger partial charge < -0.3 is 15.2 Å². The second kappa shape index (κ2) is 7.04. The topological polar surface area (TPSA) is 63.1 Å². The first kappa shape index (κ1) is 17.7. The third-order valence-corrected chi connectivity index (χ3v) is 4.51. The van der Waals surface area contributed by atoms with Gasteiger partial charge in [-0.15, -0.1) is 0 Å². The average molecular weight is 349 g/mol. The van der Waals surface area contributed by atoms with Crippen LogP contribution in [0.4, 0.5) is 11.4 Å². The molecule has 0 fully saturated rings. The van der Waals surface area contributed by atoms with Gasteiger partial charge in [-0.25, -0.2) is 0 Å². The third-order valence-electron chi connectivity index (χ3n) is 4.51. The minimum Gasteiger partial charge on any atom is -0.340 e. The number of rotatable bonds is 4. The quantitative estimate of drug-likeness (QED) is 0.733. The molecule has 0 spiro atoms. The molecule has 0 aliphatic heterocycles. The number of amides is 2. The molecule has 2 amide bonds. The summed E-state index contributed by atoms with van der Waals surface area (Å²) in [5.41, 5.74) is 5.14. The highest BCUT2D eigenvalue weighted by Crippen LogP contribution is 2.23. The molecule has 5 nitrogen and oxygen atoms in total. The predicted molar refractivity (Wildman–Crippen MR) is 106 cm³/mol. The van der Waals surface area contributed by atoms with Gasteiger partial charge in [-0.1, -0.05) is 18.6 Å². The molecule has 1 heterocycles. The fraction of sp³-hybridized carbons (Fsp3) is 0.238. The molecule has 26 heavy (non-hydrogen) atoms. The van der Waals surface area contributed by atoms with E-state index in [1.165, 1.54) is 0 Å². The number of hydrogen-bond acceptors (Lipinski definition) is 2. The van der Waals surface area contributed by atoms with Crippen LogP contribution in [0.25, 0.3) is 10.9 Å². The van der Waals surface area contributed by atoms with Crippen molar-refractivity contribution >= 4 is 34.1 Å². The second-order valence-corrected chi connectivity index (χ2v) is 6.54. The fourth-order valence-electron chi connectivity index (χ4n) is 3.00. The highest BCUT2D eigenvalue weighted by Gasteiger charge is 2.14. The van der Waals surface area contributed by atoms with E-state index in [9.17, 15) is 9.59 Å². The lowest BCUT2D eigenvalue weighted by molar-refractivity contribution is -0.115. The van der Waals surface area contributed by atoms with Gasteiger partial charge in [0.25, 0.3) is 5.91 Å². The van der Waals surface area contributed by atoms with Crippen LogP contribution in [0.15, 0.2) is 42.5 Å². The van der Waals surface area contributed by atoms with Gasteiger partial charge >= 0.3 is 0 Å². The summed E-state index contributed by atoms with van der Waals surface area (Å²) in [4.78, 5) is 24.3. The number of aryl methyl sites for hydroxylation is 3. The number of anilines is 2. The van der Waals surface area contributed by atoms with Crippen molar-refractivity contribution in [3.8, 4) is 0 Å². The van der Waals surface area contributed by atoms with Gasteiger partial charge in [0, 0.05) is 35.7 Å². The second-order valence-electron chi connectivity index (χ2n) is 6.54. The van der Waals surface area contributed by atoms with Crippen LogP contribution in [0.1, 0.15) is 35.0 Å². The Morgan fingerprint density at radius 2 is 1.77 bits per heavy atom. The first-order chi connectivity index (χ1) is 12.4. The van der Waals surface area contributed by atoms with Gasteiger partial charge in [0.2, 0.25) is 5.91 Å². The number of carbonyl (C=O) groups is 2. The highest BCUT2D eigenvalue weighted by atomic mass is 16.2. The van der Waals surface area contributed by atoms with Gasteiger partial charge in [0.1, 0.15) is 5.69 Å². The first-order valence-corrected chi connectivity index (χ1v) is 8.67. The Morgan fingerprint density at radius 3 is 2.46 bits per heavy atom. The van der Waals surface area contributed by atoms with Gasteiger partial charge in [0.05, 0.1) is 0 Å². The molecule has 2 N–H and O–H groups in total. The van der Waals surface area contributed by atoms with Crippen molar-refractivity contribution in [3.05, 3.63) is 59.3 Å². The van der Waals surface area contributed by atoms with Crippen LogP contribution >= 0.6 is 0 Å². The fourth-order valence-corrected chi connectivity index (χ4v) is 3.00. The molecule has 3 rings (SSSR count). The number of nitrogens with one attached hydrogen (secondary N) is 2. The Hall–Kier alpha value is -3.08. The molecule has 0 aliphatic carbocycles. The van der Waals surface area contributed by atoms with E-state index in [-0.39, 0.29) is 11.8 Å². The third kappa shape index (κ3) is 3.47. The van der Waals surface area contributed by atoms with Gasteiger partial charge in [0.15, 0.2) is 0 Å². The van der Waals surface area contributed by atoms with E-state index in [0.29, 0.717) is 12.1 Å². The summed E-state index contributed by atoms with van der Waals surface area (Å²) in [6.07, 6.45) is 0.429. The summed E-state index contributed by atoms with van der Waals surface area (Å²) in [6, 6.07) is 13.5. The maximum Gasteiger partial charge on any atom is 0.272 e. The SMILES string of the molecule is CCC(=O)Nc1ccc(NC(=O)c2cc3cc(C)ccc3n2C)c(C)c1. The number of hydrogen-bond donors (Lipinski definition) is 2. The average Bonchev–Trinajstić information content (AvgIpc) is 2.93. The molecule has 5 heteroatoms. The molecule has 0 atom stereocenters.